The fourth-order valence-corrected chi connectivity index (χ4v) is 2.76. The van der Waals surface area contributed by atoms with E-state index in [1.807, 2.05) is 6.92 Å². The topological polar surface area (TPSA) is 37.8 Å². The van der Waals surface area contributed by atoms with E-state index in [4.69, 9.17) is 0 Å². The standard InChI is InChI=1S/C9H17N3S2/c1-3-4-5-10-6-7-13-9-12-11-8(2)14-9/h10H,3-7H2,1-2H3. The Morgan fingerprint density at radius 1 is 1.36 bits per heavy atom. The Kier molecular flexibility index (Phi) is 6.14. The number of unbranched alkanes of at least 4 members (excludes halogenated alkanes) is 1. The van der Waals surface area contributed by atoms with Crippen LogP contribution >= 0.6 is 23.1 Å². The molecule has 0 amide bonds. The van der Waals surface area contributed by atoms with E-state index in [2.05, 4.69) is 22.4 Å². The lowest BCUT2D eigenvalue weighted by molar-refractivity contribution is 0.666. The molecule has 0 saturated heterocycles. The van der Waals surface area contributed by atoms with Crippen LogP contribution in [0.2, 0.25) is 0 Å². The third-order valence-corrected chi connectivity index (χ3v) is 3.69. The highest BCUT2D eigenvalue weighted by atomic mass is 32.2. The van der Waals surface area contributed by atoms with E-state index in [1.165, 1.54) is 12.8 Å². The van der Waals surface area contributed by atoms with Crippen LogP contribution in [0.25, 0.3) is 0 Å². The molecule has 1 N–H and O–H groups in total. The number of nitrogens with one attached hydrogen (secondary N) is 1. The molecule has 14 heavy (non-hydrogen) atoms. The molecule has 0 aromatic carbocycles. The lowest BCUT2D eigenvalue weighted by atomic mass is 10.3. The molecule has 0 saturated carbocycles. The van der Waals surface area contributed by atoms with Gasteiger partial charge in [0, 0.05) is 12.3 Å². The number of hydrogen-bond donors (Lipinski definition) is 1. The van der Waals surface area contributed by atoms with Crippen LogP contribution in [0.5, 0.6) is 0 Å². The van der Waals surface area contributed by atoms with Gasteiger partial charge in [0.25, 0.3) is 0 Å². The van der Waals surface area contributed by atoms with E-state index in [0.717, 1.165) is 28.2 Å². The molecule has 0 atom stereocenters. The number of hydrogen-bond acceptors (Lipinski definition) is 5. The van der Waals surface area contributed by atoms with Gasteiger partial charge in [0.2, 0.25) is 0 Å². The molecular formula is C9H17N3S2. The van der Waals surface area contributed by atoms with Gasteiger partial charge in [-0.25, -0.2) is 0 Å². The third-order valence-electron chi connectivity index (χ3n) is 1.72. The van der Waals surface area contributed by atoms with Crippen molar-refractivity contribution in [1.82, 2.24) is 15.5 Å². The average Bonchev–Trinajstić information content (AvgIpc) is 2.58. The van der Waals surface area contributed by atoms with Crippen molar-refractivity contribution in [1.29, 1.82) is 0 Å². The van der Waals surface area contributed by atoms with Crippen LogP contribution in [0.1, 0.15) is 24.8 Å². The summed E-state index contributed by atoms with van der Waals surface area (Å²) in [5.74, 6) is 1.08. The molecule has 0 aliphatic rings. The van der Waals surface area contributed by atoms with Gasteiger partial charge in [0.1, 0.15) is 5.01 Å². The molecule has 1 heterocycles. The summed E-state index contributed by atoms with van der Waals surface area (Å²) in [5.41, 5.74) is 0. The summed E-state index contributed by atoms with van der Waals surface area (Å²) < 4.78 is 1.08. The molecule has 1 aromatic heterocycles. The first kappa shape index (κ1) is 11.9. The number of nitrogens with zero attached hydrogens (tertiary/aromatic N) is 2. The molecular weight excluding hydrogens is 214 g/mol. The lowest BCUT2D eigenvalue weighted by Gasteiger charge is -2.00. The second-order valence-corrected chi connectivity index (χ2v) is 5.56. The van der Waals surface area contributed by atoms with Gasteiger partial charge in [-0.3, -0.25) is 0 Å². The fraction of sp³-hybridized carbons (Fsp3) is 0.778. The van der Waals surface area contributed by atoms with Crippen LogP contribution in [-0.2, 0) is 0 Å². The highest BCUT2D eigenvalue weighted by Crippen LogP contribution is 2.20. The Bertz CT molecular complexity index is 250. The van der Waals surface area contributed by atoms with Gasteiger partial charge in [-0.05, 0) is 19.9 Å². The van der Waals surface area contributed by atoms with Crippen molar-refractivity contribution in [2.24, 2.45) is 0 Å². The van der Waals surface area contributed by atoms with Crippen molar-refractivity contribution < 1.29 is 0 Å². The minimum absolute atomic E-state index is 1.05. The van der Waals surface area contributed by atoms with E-state index >= 15 is 0 Å². The molecule has 0 aliphatic carbocycles. The number of rotatable bonds is 7. The van der Waals surface area contributed by atoms with Crippen LogP contribution in [0.15, 0.2) is 4.34 Å². The summed E-state index contributed by atoms with van der Waals surface area (Å²) in [5, 5.41) is 12.5. The second-order valence-electron chi connectivity index (χ2n) is 3.04. The van der Waals surface area contributed by atoms with Crippen LogP contribution in [-0.4, -0.2) is 29.0 Å². The number of aryl methyl sites for hydroxylation is 1. The highest BCUT2D eigenvalue weighted by Gasteiger charge is 1.99. The summed E-state index contributed by atoms with van der Waals surface area (Å²) in [6, 6.07) is 0. The molecule has 0 spiro atoms. The Morgan fingerprint density at radius 2 is 2.21 bits per heavy atom. The Balaban J connectivity index is 1.99. The summed E-state index contributed by atoms with van der Waals surface area (Å²) in [6.07, 6.45) is 2.53. The quantitative estimate of drug-likeness (QED) is 0.577. The van der Waals surface area contributed by atoms with Crippen LogP contribution < -0.4 is 5.32 Å². The molecule has 0 unspecified atom stereocenters. The molecule has 1 rings (SSSR count). The minimum Gasteiger partial charge on any atom is -0.316 e. The van der Waals surface area contributed by atoms with Crippen molar-refractivity contribution >= 4 is 23.1 Å². The smallest absolute Gasteiger partial charge is 0.174 e. The first-order valence-electron chi connectivity index (χ1n) is 4.96. The maximum absolute atomic E-state index is 4.05. The number of thioether (sulfide) groups is 1. The van der Waals surface area contributed by atoms with Gasteiger partial charge in [0.05, 0.1) is 0 Å². The first-order chi connectivity index (χ1) is 6.83. The second kappa shape index (κ2) is 7.20. The normalized spacial score (nSPS) is 10.7. The molecule has 0 bridgehead atoms. The zero-order valence-electron chi connectivity index (χ0n) is 8.75. The minimum atomic E-state index is 1.05. The molecule has 3 nitrogen and oxygen atoms in total. The molecule has 0 aliphatic heterocycles. The highest BCUT2D eigenvalue weighted by molar-refractivity contribution is 8.01. The largest absolute Gasteiger partial charge is 0.316 e. The van der Waals surface area contributed by atoms with Gasteiger partial charge < -0.3 is 5.32 Å². The number of aromatic nitrogens is 2. The molecule has 80 valence electrons. The maximum atomic E-state index is 4.05. The predicted octanol–water partition coefficient (Wildman–Crippen LogP) is 2.33. The Morgan fingerprint density at radius 3 is 2.86 bits per heavy atom. The van der Waals surface area contributed by atoms with E-state index in [-0.39, 0.29) is 0 Å². The molecule has 0 fully saturated rings. The zero-order chi connectivity index (χ0) is 10.2. The van der Waals surface area contributed by atoms with E-state index in [1.54, 1.807) is 23.1 Å². The van der Waals surface area contributed by atoms with Gasteiger partial charge in [-0.15, -0.1) is 10.2 Å². The zero-order valence-corrected chi connectivity index (χ0v) is 10.4. The van der Waals surface area contributed by atoms with Gasteiger partial charge in [-0.1, -0.05) is 36.4 Å². The summed E-state index contributed by atoms with van der Waals surface area (Å²) in [6.45, 7) is 6.39. The van der Waals surface area contributed by atoms with Gasteiger partial charge >= 0.3 is 0 Å². The fourth-order valence-electron chi connectivity index (χ4n) is 0.974. The van der Waals surface area contributed by atoms with Crippen molar-refractivity contribution in [3.63, 3.8) is 0 Å². The summed E-state index contributed by atoms with van der Waals surface area (Å²) in [4.78, 5) is 0. The van der Waals surface area contributed by atoms with E-state index in [9.17, 15) is 0 Å². The third kappa shape index (κ3) is 4.93. The van der Waals surface area contributed by atoms with Crippen molar-refractivity contribution in [3.05, 3.63) is 5.01 Å². The monoisotopic (exact) mass is 231 g/mol. The maximum Gasteiger partial charge on any atom is 0.174 e. The van der Waals surface area contributed by atoms with Crippen LogP contribution in [0.4, 0.5) is 0 Å². The van der Waals surface area contributed by atoms with Gasteiger partial charge in [0.15, 0.2) is 4.34 Å². The SMILES string of the molecule is CCCCNCCSc1nnc(C)s1. The van der Waals surface area contributed by atoms with Crippen molar-refractivity contribution in [3.8, 4) is 0 Å². The molecule has 1 aromatic rings. The van der Waals surface area contributed by atoms with E-state index < -0.39 is 0 Å². The Hall–Kier alpha value is -0.130. The molecule has 0 radical (unpaired) electrons. The van der Waals surface area contributed by atoms with E-state index in [0.29, 0.717) is 0 Å². The predicted molar refractivity (Wildman–Crippen MR) is 63.1 cm³/mol. The van der Waals surface area contributed by atoms with Crippen molar-refractivity contribution in [2.75, 3.05) is 18.8 Å². The van der Waals surface area contributed by atoms with Crippen molar-refractivity contribution in [2.45, 2.75) is 31.0 Å². The van der Waals surface area contributed by atoms with Crippen LogP contribution in [0.3, 0.4) is 0 Å². The molecule has 5 heteroatoms. The summed E-state index contributed by atoms with van der Waals surface area (Å²) in [7, 11) is 0. The summed E-state index contributed by atoms with van der Waals surface area (Å²) >= 11 is 3.45. The van der Waals surface area contributed by atoms with Gasteiger partial charge in [-0.2, -0.15) is 0 Å². The first-order valence-corrected chi connectivity index (χ1v) is 6.76. The van der Waals surface area contributed by atoms with Crippen LogP contribution in [0, 0.1) is 6.92 Å². The Labute approximate surface area is 93.7 Å². The lowest BCUT2D eigenvalue weighted by Crippen LogP contribution is -2.18. The average molecular weight is 231 g/mol.